The normalized spacial score (nSPS) is 16.1. The van der Waals surface area contributed by atoms with Gasteiger partial charge in [-0.2, -0.15) is 5.26 Å². The van der Waals surface area contributed by atoms with E-state index in [-0.39, 0.29) is 11.1 Å². The molecule has 1 aromatic carbocycles. The number of aromatic carboxylic acids is 1. The van der Waals surface area contributed by atoms with Crippen LogP contribution in [0, 0.1) is 17.2 Å². The fraction of sp³-hybridized carbons (Fsp3) is 0.278. The van der Waals surface area contributed by atoms with Crippen molar-refractivity contribution in [2.45, 2.75) is 26.2 Å². The summed E-state index contributed by atoms with van der Waals surface area (Å²) in [6.45, 7) is 2.17. The zero-order chi connectivity index (χ0) is 17.3. The first-order chi connectivity index (χ1) is 11.5. The molecule has 1 heterocycles. The molecule has 6 heteroatoms. The lowest BCUT2D eigenvalue weighted by Crippen LogP contribution is -2.26. The maximum absolute atomic E-state index is 12.5. The quantitative estimate of drug-likeness (QED) is 0.929. The van der Waals surface area contributed by atoms with E-state index in [4.69, 9.17) is 0 Å². The van der Waals surface area contributed by atoms with Gasteiger partial charge in [-0.3, -0.25) is 4.79 Å². The molecule has 24 heavy (non-hydrogen) atoms. The number of anilines is 1. The molecule has 3 rings (SSSR count). The van der Waals surface area contributed by atoms with E-state index in [2.05, 4.69) is 18.3 Å². The lowest BCUT2D eigenvalue weighted by Gasteiger charge is -2.17. The molecular formula is C18H15N2O3S-. The first-order valence-corrected chi connectivity index (χ1v) is 8.49. The van der Waals surface area contributed by atoms with Gasteiger partial charge in [0.05, 0.1) is 11.5 Å². The number of hydrogen-bond donors (Lipinski definition) is 1. The number of carboxylic acid groups (broad SMARTS) is 1. The number of carboxylic acids is 1. The smallest absolute Gasteiger partial charge is 0.256 e. The first-order valence-electron chi connectivity index (χ1n) is 7.67. The number of rotatable bonds is 3. The fourth-order valence-corrected chi connectivity index (χ4v) is 4.34. The average molecular weight is 339 g/mol. The second kappa shape index (κ2) is 6.46. The molecule has 0 bridgehead atoms. The van der Waals surface area contributed by atoms with E-state index in [0.717, 1.165) is 29.7 Å². The maximum Gasteiger partial charge on any atom is 0.256 e. The number of carbonyl (C=O) groups excluding carboxylic acids is 2. The molecule has 0 radical (unpaired) electrons. The number of hydrogen-bond acceptors (Lipinski definition) is 5. The molecule has 1 N–H and O–H groups in total. The largest absolute Gasteiger partial charge is 0.545 e. The molecule has 122 valence electrons. The van der Waals surface area contributed by atoms with Gasteiger partial charge in [-0.15, -0.1) is 11.3 Å². The second-order valence-electron chi connectivity index (χ2n) is 5.95. The summed E-state index contributed by atoms with van der Waals surface area (Å²) < 4.78 is 0. The summed E-state index contributed by atoms with van der Waals surface area (Å²) in [5, 5.41) is 23.8. The number of thiophene rings is 1. The molecule has 5 nitrogen and oxygen atoms in total. The molecule has 0 spiro atoms. The van der Waals surface area contributed by atoms with Gasteiger partial charge in [0.25, 0.3) is 5.91 Å². The highest BCUT2D eigenvalue weighted by molar-refractivity contribution is 7.16. The highest BCUT2D eigenvalue weighted by Crippen LogP contribution is 2.39. The highest BCUT2D eigenvalue weighted by Gasteiger charge is 2.25. The van der Waals surface area contributed by atoms with Crippen molar-refractivity contribution >= 4 is 28.2 Å². The zero-order valence-electron chi connectivity index (χ0n) is 13.1. The van der Waals surface area contributed by atoms with Crippen LogP contribution in [0.25, 0.3) is 0 Å². The van der Waals surface area contributed by atoms with E-state index in [1.807, 2.05) is 0 Å². The Balaban J connectivity index is 1.94. The van der Waals surface area contributed by atoms with Gasteiger partial charge in [0.1, 0.15) is 11.1 Å². The van der Waals surface area contributed by atoms with Gasteiger partial charge in [0.2, 0.25) is 0 Å². The van der Waals surface area contributed by atoms with Crippen molar-refractivity contribution in [1.29, 1.82) is 5.26 Å². The Kier molecular flexibility index (Phi) is 4.36. The SMILES string of the molecule is C[C@H]1CCc2c(sc(NC(=O)c3ccccc3C(=O)[O-])c2C#N)C1. The Morgan fingerprint density at radius 3 is 2.71 bits per heavy atom. The second-order valence-corrected chi connectivity index (χ2v) is 7.06. The van der Waals surface area contributed by atoms with E-state index in [0.29, 0.717) is 16.5 Å². The van der Waals surface area contributed by atoms with Crippen molar-refractivity contribution in [3.05, 3.63) is 51.4 Å². The topological polar surface area (TPSA) is 93.0 Å². The van der Waals surface area contributed by atoms with Crippen molar-refractivity contribution in [2.24, 2.45) is 5.92 Å². The predicted molar refractivity (Wildman–Crippen MR) is 88.9 cm³/mol. The predicted octanol–water partition coefficient (Wildman–Crippen LogP) is 2.36. The lowest BCUT2D eigenvalue weighted by atomic mass is 9.88. The summed E-state index contributed by atoms with van der Waals surface area (Å²) in [6.07, 6.45) is 2.76. The summed E-state index contributed by atoms with van der Waals surface area (Å²) in [5.41, 5.74) is 1.38. The minimum Gasteiger partial charge on any atom is -0.545 e. The third-order valence-electron chi connectivity index (χ3n) is 4.24. The van der Waals surface area contributed by atoms with Gasteiger partial charge in [-0.25, -0.2) is 0 Å². The van der Waals surface area contributed by atoms with Gasteiger partial charge < -0.3 is 15.2 Å². The van der Waals surface area contributed by atoms with Crippen molar-refractivity contribution < 1.29 is 14.7 Å². The Morgan fingerprint density at radius 2 is 2.04 bits per heavy atom. The lowest BCUT2D eigenvalue weighted by molar-refractivity contribution is -0.255. The Hall–Kier alpha value is -2.65. The van der Waals surface area contributed by atoms with Gasteiger partial charge >= 0.3 is 0 Å². The number of nitrogens with zero attached hydrogens (tertiary/aromatic N) is 1. The van der Waals surface area contributed by atoms with Crippen molar-refractivity contribution in [3.8, 4) is 6.07 Å². The van der Waals surface area contributed by atoms with Crippen LogP contribution in [0.2, 0.25) is 0 Å². The molecule has 0 saturated heterocycles. The zero-order valence-corrected chi connectivity index (χ0v) is 13.9. The Bertz CT molecular complexity index is 864. The molecule has 0 aliphatic heterocycles. The van der Waals surface area contributed by atoms with Crippen LogP contribution in [-0.2, 0) is 12.8 Å². The molecule has 1 aliphatic carbocycles. The minimum atomic E-state index is -1.40. The van der Waals surface area contributed by atoms with Crippen LogP contribution < -0.4 is 10.4 Å². The van der Waals surface area contributed by atoms with Crippen LogP contribution in [-0.4, -0.2) is 11.9 Å². The fourth-order valence-electron chi connectivity index (χ4n) is 2.99. The van der Waals surface area contributed by atoms with Crippen molar-refractivity contribution in [3.63, 3.8) is 0 Å². The number of carbonyl (C=O) groups is 2. The third-order valence-corrected chi connectivity index (χ3v) is 5.41. The average Bonchev–Trinajstić information content (AvgIpc) is 2.90. The monoisotopic (exact) mass is 339 g/mol. The molecule has 0 saturated carbocycles. The number of nitriles is 1. The van der Waals surface area contributed by atoms with Gasteiger partial charge in [0, 0.05) is 16.0 Å². The molecule has 1 aliphatic rings. The van der Waals surface area contributed by atoms with Crippen molar-refractivity contribution in [2.75, 3.05) is 5.32 Å². The molecule has 2 aromatic rings. The van der Waals surface area contributed by atoms with Crippen LogP contribution in [0.4, 0.5) is 5.00 Å². The molecule has 0 unspecified atom stereocenters. The van der Waals surface area contributed by atoms with Crippen LogP contribution in [0.5, 0.6) is 0 Å². The number of nitrogens with one attached hydrogen (secondary N) is 1. The van der Waals surface area contributed by atoms with Crippen molar-refractivity contribution in [1.82, 2.24) is 0 Å². The molecule has 1 aromatic heterocycles. The number of benzene rings is 1. The summed E-state index contributed by atoms with van der Waals surface area (Å²) >= 11 is 1.41. The Labute approximate surface area is 143 Å². The number of amides is 1. The van der Waals surface area contributed by atoms with E-state index in [1.54, 1.807) is 6.07 Å². The molecule has 1 amide bonds. The van der Waals surface area contributed by atoms with Gasteiger partial charge in [-0.1, -0.05) is 25.1 Å². The first kappa shape index (κ1) is 16.2. The van der Waals surface area contributed by atoms with Crippen LogP contribution >= 0.6 is 11.3 Å². The summed E-state index contributed by atoms with van der Waals surface area (Å²) in [6, 6.07) is 8.07. The maximum atomic E-state index is 12.5. The third kappa shape index (κ3) is 2.91. The standard InChI is InChI=1S/C18H16N2O3S/c1-10-6-7-11-14(9-19)17(24-15(11)8-10)20-16(21)12-4-2-3-5-13(12)18(22)23/h2-5,10H,6-8H2,1H3,(H,20,21)(H,22,23)/p-1/t10-/m0/s1. The Morgan fingerprint density at radius 1 is 1.33 bits per heavy atom. The van der Waals surface area contributed by atoms with E-state index >= 15 is 0 Å². The van der Waals surface area contributed by atoms with Gasteiger partial charge in [0.15, 0.2) is 0 Å². The summed E-state index contributed by atoms with van der Waals surface area (Å²) in [7, 11) is 0. The van der Waals surface area contributed by atoms with E-state index < -0.39 is 11.9 Å². The van der Waals surface area contributed by atoms with E-state index in [9.17, 15) is 20.0 Å². The molecule has 0 fully saturated rings. The minimum absolute atomic E-state index is 0.0288. The van der Waals surface area contributed by atoms with Gasteiger partial charge in [-0.05, 0) is 36.8 Å². The molecular weight excluding hydrogens is 324 g/mol. The number of fused-ring (bicyclic) bond motifs is 1. The van der Waals surface area contributed by atoms with Crippen LogP contribution in [0.3, 0.4) is 0 Å². The van der Waals surface area contributed by atoms with Crippen LogP contribution in [0.1, 0.15) is 50.1 Å². The summed E-state index contributed by atoms with van der Waals surface area (Å²) in [4.78, 5) is 24.8. The van der Waals surface area contributed by atoms with Crippen LogP contribution in [0.15, 0.2) is 24.3 Å². The highest BCUT2D eigenvalue weighted by atomic mass is 32.1. The molecule has 1 atom stereocenters. The van der Waals surface area contributed by atoms with E-state index in [1.165, 1.54) is 29.5 Å². The summed E-state index contributed by atoms with van der Waals surface area (Å²) in [5.74, 6) is -1.39.